The number of aryl methyl sites for hydroxylation is 4. The van der Waals surface area contributed by atoms with E-state index in [0.717, 1.165) is 18.2 Å². The van der Waals surface area contributed by atoms with Crippen LogP contribution < -0.4 is 10.2 Å². The van der Waals surface area contributed by atoms with Gasteiger partial charge in [-0.3, -0.25) is 0 Å². The average Bonchev–Trinajstić information content (AvgIpc) is 2.80. The first kappa shape index (κ1) is 25.0. The lowest BCUT2D eigenvalue weighted by Crippen LogP contribution is -2.46. The number of hydrogen-bond acceptors (Lipinski definition) is 2. The Hall–Kier alpha value is -2.07. The van der Waals surface area contributed by atoms with Crippen LogP contribution in [0.2, 0.25) is 0 Å². The molecule has 0 radical (unpaired) electrons. The lowest BCUT2D eigenvalue weighted by atomic mass is 9.84. The zero-order valence-corrected chi connectivity index (χ0v) is 22.7. The van der Waals surface area contributed by atoms with Gasteiger partial charge in [0.05, 0.1) is 0 Å². The van der Waals surface area contributed by atoms with E-state index in [1.807, 2.05) is 0 Å². The summed E-state index contributed by atoms with van der Waals surface area (Å²) in [6.07, 6.45) is 8.80. The van der Waals surface area contributed by atoms with Gasteiger partial charge in [-0.1, -0.05) is 56.5 Å². The molecule has 1 saturated carbocycles. The first-order valence-corrected chi connectivity index (χ1v) is 13.8. The average molecular weight is 478 g/mol. The minimum Gasteiger partial charge on any atom is -0.371 e. The van der Waals surface area contributed by atoms with Crippen LogP contribution in [-0.4, -0.2) is 29.1 Å². The molecule has 34 heavy (non-hydrogen) atoms. The molecule has 0 aromatic heterocycles. The topological polar surface area (TPSA) is 18.5 Å². The Balaban J connectivity index is 1.60. The van der Waals surface area contributed by atoms with Gasteiger partial charge in [-0.05, 0) is 99.3 Å². The Kier molecular flexibility index (Phi) is 8.18. The number of rotatable bonds is 6. The molecular formula is C30H43N3S. The fraction of sp³-hybridized carbons (Fsp3) is 0.567. The number of nitrogens with zero attached hydrogens (tertiary/aromatic N) is 2. The van der Waals surface area contributed by atoms with Crippen LogP contribution in [0.4, 0.5) is 11.4 Å². The fourth-order valence-corrected chi connectivity index (χ4v) is 6.48. The van der Waals surface area contributed by atoms with Crippen molar-refractivity contribution in [2.24, 2.45) is 5.92 Å². The van der Waals surface area contributed by atoms with E-state index in [9.17, 15) is 0 Å². The van der Waals surface area contributed by atoms with E-state index in [1.54, 1.807) is 0 Å². The predicted octanol–water partition coefficient (Wildman–Crippen LogP) is 7.55. The highest BCUT2D eigenvalue weighted by Crippen LogP contribution is 2.33. The van der Waals surface area contributed by atoms with E-state index >= 15 is 0 Å². The van der Waals surface area contributed by atoms with Crippen LogP contribution in [0.15, 0.2) is 30.3 Å². The summed E-state index contributed by atoms with van der Waals surface area (Å²) in [6, 6.07) is 12.2. The molecule has 2 aliphatic rings. The van der Waals surface area contributed by atoms with Crippen molar-refractivity contribution in [3.05, 3.63) is 58.1 Å². The number of nitrogens with one attached hydrogen (secondary N) is 1. The smallest absolute Gasteiger partial charge is 0.174 e. The standard InChI is InChI=1S/C30H43N3S/c1-6-15-32-16-9-11-26-19-25(13-14-28(26)32)20-33(27-12-8-7-10-22(27)3)30(34)31-29-23(4)17-21(2)18-24(29)5/h13-14,17-19,22,27H,6-12,15-16,20H2,1-5H3,(H,31,34)/t22-,27-/m0/s1. The first-order chi connectivity index (χ1) is 16.4. The van der Waals surface area contributed by atoms with Gasteiger partial charge < -0.3 is 15.1 Å². The molecule has 0 bridgehead atoms. The molecule has 2 aromatic rings. The van der Waals surface area contributed by atoms with Crippen molar-refractivity contribution >= 4 is 28.7 Å². The van der Waals surface area contributed by atoms with Crippen molar-refractivity contribution in [1.82, 2.24) is 4.90 Å². The number of fused-ring (bicyclic) bond motifs is 1. The largest absolute Gasteiger partial charge is 0.371 e. The van der Waals surface area contributed by atoms with Gasteiger partial charge in [0.2, 0.25) is 0 Å². The predicted molar refractivity (Wildman–Crippen MR) is 151 cm³/mol. The normalized spacial score (nSPS) is 20.1. The van der Waals surface area contributed by atoms with Gasteiger partial charge in [0.1, 0.15) is 0 Å². The Labute approximate surface area is 212 Å². The fourth-order valence-electron chi connectivity index (χ4n) is 6.18. The number of thiocarbonyl (C=S) groups is 1. The summed E-state index contributed by atoms with van der Waals surface area (Å²) in [7, 11) is 0. The summed E-state index contributed by atoms with van der Waals surface area (Å²) in [5.41, 5.74) is 9.35. The lowest BCUT2D eigenvalue weighted by molar-refractivity contribution is 0.177. The van der Waals surface area contributed by atoms with Gasteiger partial charge in [0, 0.05) is 37.1 Å². The second-order valence-corrected chi connectivity index (χ2v) is 11.1. The van der Waals surface area contributed by atoms with Gasteiger partial charge in [-0.15, -0.1) is 0 Å². The zero-order valence-electron chi connectivity index (χ0n) is 21.9. The third-order valence-corrected chi connectivity index (χ3v) is 8.18. The van der Waals surface area contributed by atoms with Gasteiger partial charge in [0.25, 0.3) is 0 Å². The SMILES string of the molecule is CCCN1CCCc2cc(CN(C(=S)Nc3c(C)cc(C)cc3C)[C@H]3CCCC[C@@H]3C)ccc21. The Morgan fingerprint density at radius 2 is 1.79 bits per heavy atom. The van der Waals surface area contributed by atoms with Gasteiger partial charge >= 0.3 is 0 Å². The molecule has 3 nitrogen and oxygen atoms in total. The summed E-state index contributed by atoms with van der Waals surface area (Å²) in [4.78, 5) is 5.07. The summed E-state index contributed by atoms with van der Waals surface area (Å²) >= 11 is 6.12. The number of benzene rings is 2. The maximum atomic E-state index is 6.12. The molecule has 1 heterocycles. The highest BCUT2D eigenvalue weighted by Gasteiger charge is 2.30. The monoisotopic (exact) mass is 477 g/mol. The molecule has 0 saturated heterocycles. The Morgan fingerprint density at radius 3 is 2.50 bits per heavy atom. The molecule has 1 N–H and O–H groups in total. The number of anilines is 2. The van der Waals surface area contributed by atoms with Crippen LogP contribution in [0.1, 0.15) is 80.2 Å². The van der Waals surface area contributed by atoms with E-state index in [1.165, 1.54) is 90.7 Å². The van der Waals surface area contributed by atoms with Gasteiger partial charge in [-0.2, -0.15) is 0 Å². The molecular weight excluding hydrogens is 434 g/mol. The van der Waals surface area contributed by atoms with Crippen molar-refractivity contribution < 1.29 is 0 Å². The molecule has 1 aliphatic heterocycles. The summed E-state index contributed by atoms with van der Waals surface area (Å²) in [6.45, 7) is 14.4. The molecule has 2 aromatic carbocycles. The van der Waals surface area contributed by atoms with Crippen molar-refractivity contribution in [3.63, 3.8) is 0 Å². The highest BCUT2D eigenvalue weighted by molar-refractivity contribution is 7.80. The van der Waals surface area contributed by atoms with Crippen LogP contribution in [-0.2, 0) is 13.0 Å². The quantitative estimate of drug-likeness (QED) is 0.433. The molecule has 0 amide bonds. The van der Waals surface area contributed by atoms with E-state index in [0.29, 0.717) is 12.0 Å². The summed E-state index contributed by atoms with van der Waals surface area (Å²) in [5.74, 6) is 0.659. The van der Waals surface area contributed by atoms with Crippen LogP contribution in [0, 0.1) is 26.7 Å². The molecule has 2 atom stereocenters. The van der Waals surface area contributed by atoms with Crippen LogP contribution in [0.25, 0.3) is 0 Å². The maximum absolute atomic E-state index is 6.12. The van der Waals surface area contributed by atoms with Crippen molar-refractivity contribution in [2.45, 2.75) is 92.2 Å². The zero-order chi connectivity index (χ0) is 24.2. The van der Waals surface area contributed by atoms with Crippen LogP contribution in [0.3, 0.4) is 0 Å². The molecule has 184 valence electrons. The van der Waals surface area contributed by atoms with Crippen molar-refractivity contribution in [1.29, 1.82) is 0 Å². The van der Waals surface area contributed by atoms with Gasteiger partial charge in [-0.25, -0.2) is 0 Å². The van der Waals surface area contributed by atoms with Crippen LogP contribution in [0.5, 0.6) is 0 Å². The van der Waals surface area contributed by atoms with E-state index in [-0.39, 0.29) is 0 Å². The van der Waals surface area contributed by atoms with Crippen LogP contribution >= 0.6 is 12.2 Å². The number of hydrogen-bond donors (Lipinski definition) is 1. The third kappa shape index (κ3) is 5.59. The summed E-state index contributed by atoms with van der Waals surface area (Å²) in [5, 5.41) is 4.55. The molecule has 1 aliphatic carbocycles. The van der Waals surface area contributed by atoms with E-state index < -0.39 is 0 Å². The summed E-state index contributed by atoms with van der Waals surface area (Å²) < 4.78 is 0. The highest BCUT2D eigenvalue weighted by atomic mass is 32.1. The van der Waals surface area contributed by atoms with Gasteiger partial charge in [0.15, 0.2) is 5.11 Å². The second kappa shape index (κ2) is 11.1. The van der Waals surface area contributed by atoms with Crippen molar-refractivity contribution in [2.75, 3.05) is 23.3 Å². The minimum absolute atomic E-state index is 0.493. The van der Waals surface area contributed by atoms with Crippen molar-refractivity contribution in [3.8, 4) is 0 Å². The third-order valence-electron chi connectivity index (χ3n) is 7.84. The van der Waals surface area contributed by atoms with E-state index in [2.05, 4.69) is 80.1 Å². The van der Waals surface area contributed by atoms with E-state index in [4.69, 9.17) is 12.2 Å². The molecule has 1 fully saturated rings. The molecule has 0 spiro atoms. The Bertz CT molecular complexity index is 991. The Morgan fingerprint density at radius 1 is 1.06 bits per heavy atom. The molecule has 0 unspecified atom stereocenters. The second-order valence-electron chi connectivity index (χ2n) is 10.7. The first-order valence-electron chi connectivity index (χ1n) is 13.4. The molecule has 4 heteroatoms. The minimum atomic E-state index is 0.493. The maximum Gasteiger partial charge on any atom is 0.174 e. The molecule has 4 rings (SSSR count). The lowest BCUT2D eigenvalue weighted by Gasteiger charge is -2.41.